The topological polar surface area (TPSA) is 55.2 Å². The first-order valence-electron chi connectivity index (χ1n) is 3.86. The monoisotopic (exact) mass is 168 g/mol. The van der Waals surface area contributed by atoms with Crippen LogP contribution >= 0.6 is 0 Å². The normalized spacial score (nSPS) is 9.83. The zero-order valence-corrected chi connectivity index (χ0v) is 7.03. The first kappa shape index (κ1) is 8.93. The van der Waals surface area contributed by atoms with Gasteiger partial charge in [-0.3, -0.25) is 0 Å². The molecule has 0 saturated carbocycles. The molecule has 1 rings (SSSR count). The van der Waals surface area contributed by atoms with Crippen molar-refractivity contribution in [2.75, 3.05) is 13.2 Å². The van der Waals surface area contributed by atoms with Crippen molar-refractivity contribution in [2.45, 2.75) is 13.3 Å². The summed E-state index contributed by atoms with van der Waals surface area (Å²) in [6.07, 6.45) is 2.26. The second kappa shape index (κ2) is 4.66. The number of aromatic nitrogens is 2. The Morgan fingerprint density at radius 2 is 2.42 bits per heavy atom. The van der Waals surface area contributed by atoms with Gasteiger partial charge >= 0.3 is 6.01 Å². The third-order valence-electron chi connectivity index (χ3n) is 1.31. The number of hydrogen-bond acceptors (Lipinski definition) is 4. The molecule has 0 bridgehead atoms. The largest absolute Gasteiger partial charge is 0.463 e. The van der Waals surface area contributed by atoms with Gasteiger partial charge in [0, 0.05) is 24.9 Å². The van der Waals surface area contributed by atoms with Crippen molar-refractivity contribution < 1.29 is 9.84 Å². The summed E-state index contributed by atoms with van der Waals surface area (Å²) in [6.45, 7) is 2.46. The molecule has 0 aromatic carbocycles. The first-order chi connectivity index (χ1) is 5.83. The summed E-state index contributed by atoms with van der Waals surface area (Å²) in [5, 5.41) is 8.48. The highest BCUT2D eigenvalue weighted by atomic mass is 16.5. The summed E-state index contributed by atoms with van der Waals surface area (Å²) >= 11 is 0. The van der Waals surface area contributed by atoms with Gasteiger partial charge in [0.1, 0.15) is 0 Å². The van der Waals surface area contributed by atoms with Gasteiger partial charge in [-0.25, -0.2) is 9.97 Å². The maximum Gasteiger partial charge on any atom is 0.316 e. The number of aliphatic hydroxyl groups is 1. The minimum Gasteiger partial charge on any atom is -0.463 e. The zero-order chi connectivity index (χ0) is 8.81. The number of aryl methyl sites for hydroxylation is 1. The van der Waals surface area contributed by atoms with E-state index in [2.05, 4.69) is 9.97 Å². The second-order valence-electron chi connectivity index (χ2n) is 2.41. The summed E-state index contributed by atoms with van der Waals surface area (Å²) in [6, 6.07) is 2.18. The number of aliphatic hydroxyl groups excluding tert-OH is 1. The summed E-state index contributed by atoms with van der Waals surface area (Å²) in [5.74, 6) is 0. The average molecular weight is 168 g/mol. The Hall–Kier alpha value is -1.16. The van der Waals surface area contributed by atoms with E-state index in [0.717, 1.165) is 5.69 Å². The first-order valence-corrected chi connectivity index (χ1v) is 3.86. The van der Waals surface area contributed by atoms with Gasteiger partial charge in [0.15, 0.2) is 0 Å². The maximum atomic E-state index is 8.48. The van der Waals surface area contributed by atoms with Gasteiger partial charge in [0.25, 0.3) is 0 Å². The molecule has 0 atom stereocenters. The van der Waals surface area contributed by atoms with Crippen LogP contribution in [0.15, 0.2) is 12.3 Å². The lowest BCUT2D eigenvalue weighted by atomic mass is 10.5. The van der Waals surface area contributed by atoms with Crippen molar-refractivity contribution >= 4 is 0 Å². The number of nitrogens with zero attached hydrogens (tertiary/aromatic N) is 2. The molecule has 1 aromatic heterocycles. The molecule has 0 fully saturated rings. The fraction of sp³-hybridized carbons (Fsp3) is 0.500. The fourth-order valence-electron chi connectivity index (χ4n) is 0.723. The van der Waals surface area contributed by atoms with Crippen molar-refractivity contribution in [3.05, 3.63) is 18.0 Å². The highest BCUT2D eigenvalue weighted by Gasteiger charge is 1.95. The highest BCUT2D eigenvalue weighted by molar-refractivity contribution is 5.02. The van der Waals surface area contributed by atoms with Gasteiger partial charge in [-0.15, -0.1) is 0 Å². The molecule has 0 radical (unpaired) electrons. The minimum atomic E-state index is 0.131. The Labute approximate surface area is 71.2 Å². The van der Waals surface area contributed by atoms with E-state index >= 15 is 0 Å². The van der Waals surface area contributed by atoms with Gasteiger partial charge < -0.3 is 9.84 Å². The van der Waals surface area contributed by atoms with Gasteiger partial charge in [-0.1, -0.05) is 0 Å². The van der Waals surface area contributed by atoms with Gasteiger partial charge in [0.2, 0.25) is 0 Å². The van der Waals surface area contributed by atoms with Crippen molar-refractivity contribution in [3.63, 3.8) is 0 Å². The number of hydrogen-bond donors (Lipinski definition) is 1. The molecule has 0 saturated heterocycles. The molecule has 0 aliphatic rings. The molecule has 1 heterocycles. The van der Waals surface area contributed by atoms with Gasteiger partial charge in [-0.05, 0) is 13.0 Å². The van der Waals surface area contributed by atoms with Gasteiger partial charge in [-0.2, -0.15) is 0 Å². The van der Waals surface area contributed by atoms with E-state index in [4.69, 9.17) is 9.84 Å². The second-order valence-corrected chi connectivity index (χ2v) is 2.41. The standard InChI is InChI=1S/C8H12N2O2/c1-7-3-4-9-8(10-7)12-6-2-5-11/h3-4,11H,2,5-6H2,1H3. The minimum absolute atomic E-state index is 0.131. The van der Waals surface area contributed by atoms with E-state index in [1.54, 1.807) is 12.3 Å². The maximum absolute atomic E-state index is 8.48. The quantitative estimate of drug-likeness (QED) is 0.667. The molecule has 1 N–H and O–H groups in total. The van der Waals surface area contributed by atoms with Crippen LogP contribution in [0.5, 0.6) is 6.01 Å². The molecule has 1 aromatic rings. The lowest BCUT2D eigenvalue weighted by Crippen LogP contribution is -2.03. The van der Waals surface area contributed by atoms with Crippen molar-refractivity contribution in [2.24, 2.45) is 0 Å². The fourth-order valence-corrected chi connectivity index (χ4v) is 0.723. The summed E-state index contributed by atoms with van der Waals surface area (Å²) < 4.78 is 5.14. The van der Waals surface area contributed by atoms with E-state index in [9.17, 15) is 0 Å². The predicted molar refractivity (Wildman–Crippen MR) is 44.0 cm³/mol. The Kier molecular flexibility index (Phi) is 3.47. The van der Waals surface area contributed by atoms with Crippen LogP contribution in [-0.4, -0.2) is 28.3 Å². The van der Waals surface area contributed by atoms with E-state index in [-0.39, 0.29) is 6.61 Å². The van der Waals surface area contributed by atoms with Crippen molar-refractivity contribution in [1.29, 1.82) is 0 Å². The van der Waals surface area contributed by atoms with E-state index in [1.807, 2.05) is 6.92 Å². The molecule has 4 heteroatoms. The molecule has 0 unspecified atom stereocenters. The molecular formula is C8H12N2O2. The van der Waals surface area contributed by atoms with Crippen molar-refractivity contribution in [1.82, 2.24) is 9.97 Å². The Bertz CT molecular complexity index is 240. The van der Waals surface area contributed by atoms with Crippen LogP contribution in [-0.2, 0) is 0 Å². The predicted octanol–water partition coefficient (Wildman–Crippen LogP) is 0.546. The molecule has 12 heavy (non-hydrogen) atoms. The molecule has 0 aliphatic heterocycles. The Balaban J connectivity index is 2.41. The van der Waals surface area contributed by atoms with Crippen LogP contribution in [0.3, 0.4) is 0 Å². The SMILES string of the molecule is Cc1ccnc(OCCCO)n1. The smallest absolute Gasteiger partial charge is 0.316 e. The van der Waals surface area contributed by atoms with Crippen LogP contribution in [0.1, 0.15) is 12.1 Å². The van der Waals surface area contributed by atoms with Crippen LogP contribution in [0, 0.1) is 6.92 Å². The molecule has 0 aliphatic carbocycles. The lowest BCUT2D eigenvalue weighted by molar-refractivity contribution is 0.224. The Morgan fingerprint density at radius 1 is 1.58 bits per heavy atom. The van der Waals surface area contributed by atoms with E-state index in [1.165, 1.54) is 0 Å². The average Bonchev–Trinajstić information content (AvgIpc) is 2.05. The zero-order valence-electron chi connectivity index (χ0n) is 7.03. The van der Waals surface area contributed by atoms with E-state index in [0.29, 0.717) is 19.0 Å². The summed E-state index contributed by atoms with van der Waals surface area (Å²) in [4.78, 5) is 7.93. The number of rotatable bonds is 4. The van der Waals surface area contributed by atoms with Crippen LogP contribution in [0.25, 0.3) is 0 Å². The van der Waals surface area contributed by atoms with E-state index < -0.39 is 0 Å². The molecule has 0 amide bonds. The molecule has 4 nitrogen and oxygen atoms in total. The molecule has 66 valence electrons. The third-order valence-corrected chi connectivity index (χ3v) is 1.31. The molecular weight excluding hydrogens is 156 g/mol. The summed E-state index contributed by atoms with van der Waals surface area (Å²) in [7, 11) is 0. The van der Waals surface area contributed by atoms with Crippen LogP contribution in [0.2, 0.25) is 0 Å². The van der Waals surface area contributed by atoms with Crippen LogP contribution < -0.4 is 4.74 Å². The van der Waals surface area contributed by atoms with Crippen molar-refractivity contribution in [3.8, 4) is 6.01 Å². The highest BCUT2D eigenvalue weighted by Crippen LogP contribution is 2.01. The lowest BCUT2D eigenvalue weighted by Gasteiger charge is -2.01. The third kappa shape index (κ3) is 2.84. The Morgan fingerprint density at radius 3 is 3.08 bits per heavy atom. The van der Waals surface area contributed by atoms with Gasteiger partial charge in [0.05, 0.1) is 6.61 Å². The summed E-state index contributed by atoms with van der Waals surface area (Å²) in [5.41, 5.74) is 0.879. The molecule has 0 spiro atoms. The van der Waals surface area contributed by atoms with Crippen LogP contribution in [0.4, 0.5) is 0 Å². The number of ether oxygens (including phenoxy) is 1.